The van der Waals surface area contributed by atoms with Crippen LogP contribution in [0.1, 0.15) is 18.1 Å². The Hall–Kier alpha value is -2.36. The second-order valence-electron chi connectivity index (χ2n) is 5.00. The van der Waals surface area contributed by atoms with E-state index in [0.29, 0.717) is 18.7 Å². The van der Waals surface area contributed by atoms with Crippen molar-refractivity contribution in [2.45, 2.75) is 19.8 Å². The minimum atomic E-state index is -0.329. The second-order valence-corrected chi connectivity index (χ2v) is 5.00. The molecule has 0 radical (unpaired) electrons. The number of nitrogens with one attached hydrogen (secondary N) is 1. The highest BCUT2D eigenvalue weighted by Gasteiger charge is 2.04. The zero-order valence-electron chi connectivity index (χ0n) is 12.6. The Balaban J connectivity index is 1.68. The van der Waals surface area contributed by atoms with Gasteiger partial charge in [-0.15, -0.1) is 0 Å². The molecule has 0 bridgehead atoms. The van der Waals surface area contributed by atoms with Gasteiger partial charge in [-0.1, -0.05) is 31.2 Å². The monoisotopic (exact) mass is 301 g/mol. The van der Waals surface area contributed by atoms with E-state index in [4.69, 9.17) is 4.74 Å². The normalized spacial score (nSPS) is 10.3. The van der Waals surface area contributed by atoms with Crippen LogP contribution in [0.4, 0.5) is 4.39 Å². The van der Waals surface area contributed by atoms with Crippen molar-refractivity contribution in [3.8, 4) is 5.75 Å². The highest BCUT2D eigenvalue weighted by atomic mass is 19.1. The predicted molar refractivity (Wildman–Crippen MR) is 84.4 cm³/mol. The van der Waals surface area contributed by atoms with Crippen LogP contribution in [0.2, 0.25) is 0 Å². The smallest absolute Gasteiger partial charge is 0.224 e. The highest BCUT2D eigenvalue weighted by Crippen LogP contribution is 2.12. The maximum atomic E-state index is 13.0. The van der Waals surface area contributed by atoms with Gasteiger partial charge in [0.05, 0.1) is 13.0 Å². The minimum Gasteiger partial charge on any atom is -0.492 e. The number of ether oxygens (including phenoxy) is 1. The third-order valence-electron chi connectivity index (χ3n) is 3.28. The molecule has 2 aromatic rings. The maximum Gasteiger partial charge on any atom is 0.224 e. The van der Waals surface area contributed by atoms with Crippen LogP contribution in [0.5, 0.6) is 5.75 Å². The molecular formula is C18H20FNO2. The zero-order chi connectivity index (χ0) is 15.8. The molecule has 0 aliphatic rings. The van der Waals surface area contributed by atoms with Gasteiger partial charge >= 0.3 is 0 Å². The van der Waals surface area contributed by atoms with Crippen molar-refractivity contribution in [3.05, 3.63) is 65.5 Å². The van der Waals surface area contributed by atoms with E-state index in [9.17, 15) is 9.18 Å². The minimum absolute atomic E-state index is 0.143. The molecule has 116 valence electrons. The van der Waals surface area contributed by atoms with E-state index in [0.717, 1.165) is 12.2 Å². The third kappa shape index (κ3) is 5.20. The van der Waals surface area contributed by atoms with Gasteiger partial charge < -0.3 is 10.1 Å². The van der Waals surface area contributed by atoms with Gasteiger partial charge in [0.15, 0.2) is 0 Å². The molecule has 22 heavy (non-hydrogen) atoms. The molecular weight excluding hydrogens is 281 g/mol. The number of rotatable bonds is 7. The van der Waals surface area contributed by atoms with Gasteiger partial charge in [0, 0.05) is 0 Å². The summed E-state index contributed by atoms with van der Waals surface area (Å²) in [5.74, 6) is 0.316. The first-order valence-corrected chi connectivity index (χ1v) is 7.40. The molecule has 3 nitrogen and oxygen atoms in total. The van der Waals surface area contributed by atoms with Crippen molar-refractivity contribution in [2.75, 3.05) is 13.2 Å². The lowest BCUT2D eigenvalue weighted by molar-refractivity contribution is -0.120. The zero-order valence-corrected chi connectivity index (χ0v) is 12.6. The summed E-state index contributed by atoms with van der Waals surface area (Å²) < 4.78 is 18.6. The van der Waals surface area contributed by atoms with E-state index < -0.39 is 0 Å². The molecule has 0 spiro atoms. The first-order chi connectivity index (χ1) is 10.7. The fourth-order valence-corrected chi connectivity index (χ4v) is 2.08. The summed E-state index contributed by atoms with van der Waals surface area (Å²) in [6.45, 7) is 2.92. The number of halogens is 1. The fourth-order valence-electron chi connectivity index (χ4n) is 2.08. The van der Waals surface area contributed by atoms with Gasteiger partial charge in [-0.25, -0.2) is 4.39 Å². The van der Waals surface area contributed by atoms with E-state index in [-0.39, 0.29) is 18.1 Å². The summed E-state index contributed by atoms with van der Waals surface area (Å²) >= 11 is 0. The molecule has 0 aromatic heterocycles. The Morgan fingerprint density at radius 2 is 1.91 bits per heavy atom. The topological polar surface area (TPSA) is 38.3 Å². The molecule has 0 aliphatic carbocycles. The van der Waals surface area contributed by atoms with E-state index in [1.165, 1.54) is 17.7 Å². The molecule has 2 aromatic carbocycles. The Morgan fingerprint density at radius 3 is 2.59 bits per heavy atom. The van der Waals surface area contributed by atoms with E-state index in [1.807, 2.05) is 24.3 Å². The third-order valence-corrected chi connectivity index (χ3v) is 3.28. The van der Waals surface area contributed by atoms with Crippen LogP contribution in [-0.4, -0.2) is 19.1 Å². The number of benzene rings is 2. The van der Waals surface area contributed by atoms with Crippen molar-refractivity contribution >= 4 is 5.91 Å². The Morgan fingerprint density at radius 1 is 1.14 bits per heavy atom. The van der Waals surface area contributed by atoms with Crippen LogP contribution in [0.15, 0.2) is 48.5 Å². The number of carbonyl (C=O) groups excluding carboxylic acids is 1. The van der Waals surface area contributed by atoms with Crippen molar-refractivity contribution < 1.29 is 13.9 Å². The molecule has 1 amide bonds. The maximum absolute atomic E-state index is 13.0. The van der Waals surface area contributed by atoms with Crippen LogP contribution in [0.25, 0.3) is 0 Å². The van der Waals surface area contributed by atoms with Gasteiger partial charge in [0.2, 0.25) is 5.91 Å². The van der Waals surface area contributed by atoms with Gasteiger partial charge in [0.25, 0.3) is 0 Å². The molecule has 0 atom stereocenters. The summed E-state index contributed by atoms with van der Waals surface area (Å²) in [7, 11) is 0. The second kappa shape index (κ2) is 8.17. The van der Waals surface area contributed by atoms with Crippen molar-refractivity contribution in [1.82, 2.24) is 5.32 Å². The molecule has 0 unspecified atom stereocenters. The molecule has 4 heteroatoms. The van der Waals surface area contributed by atoms with Crippen LogP contribution in [0, 0.1) is 5.82 Å². The van der Waals surface area contributed by atoms with Gasteiger partial charge in [0.1, 0.15) is 18.2 Å². The highest BCUT2D eigenvalue weighted by molar-refractivity contribution is 5.78. The van der Waals surface area contributed by atoms with Crippen molar-refractivity contribution in [2.24, 2.45) is 0 Å². The first-order valence-electron chi connectivity index (χ1n) is 7.40. The van der Waals surface area contributed by atoms with E-state index in [1.54, 1.807) is 12.1 Å². The lowest BCUT2D eigenvalue weighted by Crippen LogP contribution is -2.29. The van der Waals surface area contributed by atoms with E-state index >= 15 is 0 Å². The lowest BCUT2D eigenvalue weighted by Gasteiger charge is -2.08. The SMILES string of the molecule is CCc1ccc(OCCNC(=O)Cc2cccc(F)c2)cc1. The molecule has 0 saturated heterocycles. The van der Waals surface area contributed by atoms with E-state index in [2.05, 4.69) is 12.2 Å². The summed E-state index contributed by atoms with van der Waals surface area (Å²) in [6, 6.07) is 14.0. The molecule has 0 saturated carbocycles. The van der Waals surface area contributed by atoms with Crippen molar-refractivity contribution in [1.29, 1.82) is 0 Å². The van der Waals surface area contributed by atoms with Crippen LogP contribution in [0.3, 0.4) is 0 Å². The average molecular weight is 301 g/mol. The summed E-state index contributed by atoms with van der Waals surface area (Å²) in [5.41, 5.74) is 1.92. The average Bonchev–Trinajstić information content (AvgIpc) is 2.52. The van der Waals surface area contributed by atoms with Crippen LogP contribution in [-0.2, 0) is 17.6 Å². The van der Waals surface area contributed by atoms with Gasteiger partial charge in [-0.3, -0.25) is 4.79 Å². The largest absolute Gasteiger partial charge is 0.492 e. The van der Waals surface area contributed by atoms with Gasteiger partial charge in [-0.2, -0.15) is 0 Å². The van der Waals surface area contributed by atoms with Crippen LogP contribution >= 0.6 is 0 Å². The number of hydrogen-bond donors (Lipinski definition) is 1. The summed E-state index contributed by atoms with van der Waals surface area (Å²) in [6.07, 6.45) is 1.17. The summed E-state index contributed by atoms with van der Waals surface area (Å²) in [4.78, 5) is 11.7. The molecule has 0 aliphatic heterocycles. The number of hydrogen-bond acceptors (Lipinski definition) is 2. The standard InChI is InChI=1S/C18H20FNO2/c1-2-14-6-8-17(9-7-14)22-11-10-20-18(21)13-15-4-3-5-16(19)12-15/h3-9,12H,2,10-11,13H2,1H3,(H,20,21). The predicted octanol–water partition coefficient (Wildman–Crippen LogP) is 3.13. The fraction of sp³-hybridized carbons (Fsp3) is 0.278. The van der Waals surface area contributed by atoms with Crippen LogP contribution < -0.4 is 10.1 Å². The number of amides is 1. The Kier molecular flexibility index (Phi) is 5.95. The Labute approximate surface area is 130 Å². The Bertz CT molecular complexity index is 611. The quantitative estimate of drug-likeness (QED) is 0.798. The summed E-state index contributed by atoms with van der Waals surface area (Å²) in [5, 5.41) is 2.76. The van der Waals surface area contributed by atoms with Gasteiger partial charge in [-0.05, 0) is 41.8 Å². The molecule has 1 N–H and O–H groups in total. The lowest BCUT2D eigenvalue weighted by atomic mass is 10.1. The molecule has 2 rings (SSSR count). The first kappa shape index (κ1) is 16.0. The number of carbonyl (C=O) groups is 1. The van der Waals surface area contributed by atoms with Crippen molar-refractivity contribution in [3.63, 3.8) is 0 Å². The molecule has 0 heterocycles. The molecule has 0 fully saturated rings. The number of aryl methyl sites for hydroxylation is 1.